The van der Waals surface area contributed by atoms with Crippen molar-refractivity contribution in [3.63, 3.8) is 0 Å². The molecule has 0 aromatic heterocycles. The molecule has 0 spiro atoms. The van der Waals surface area contributed by atoms with Gasteiger partial charge in [-0.3, -0.25) is 4.79 Å². The topological polar surface area (TPSA) is 95.5 Å². The zero-order chi connectivity index (χ0) is 18.3. The van der Waals surface area contributed by atoms with Gasteiger partial charge in [0, 0.05) is 6.54 Å². The predicted molar refractivity (Wildman–Crippen MR) is 95.5 cm³/mol. The highest BCUT2D eigenvalue weighted by Crippen LogP contribution is 2.12. The first-order valence-electron chi connectivity index (χ1n) is 7.94. The van der Waals surface area contributed by atoms with Crippen LogP contribution in [0.4, 0.5) is 0 Å². The second kappa shape index (κ2) is 8.75. The molecule has 1 amide bonds. The van der Waals surface area contributed by atoms with Gasteiger partial charge in [0.2, 0.25) is 15.9 Å². The molecule has 134 valence electrons. The number of hydrogen-bond donors (Lipinski definition) is 3. The molecule has 0 aliphatic rings. The zero-order valence-corrected chi connectivity index (χ0v) is 14.8. The number of aliphatic hydroxyl groups excluding tert-OH is 1. The number of amides is 1. The van der Waals surface area contributed by atoms with E-state index in [0.717, 1.165) is 11.1 Å². The molecule has 3 N–H and O–H groups in total. The van der Waals surface area contributed by atoms with Gasteiger partial charge in [-0.15, -0.1) is 0 Å². The summed E-state index contributed by atoms with van der Waals surface area (Å²) in [4.78, 5) is 12.4. The molecule has 0 aliphatic heterocycles. The smallest absolute Gasteiger partial charge is 0.241 e. The average Bonchev–Trinajstić information content (AvgIpc) is 2.60. The third-order valence-corrected chi connectivity index (χ3v) is 5.13. The van der Waals surface area contributed by atoms with Gasteiger partial charge in [0.1, 0.15) is 6.04 Å². The first-order chi connectivity index (χ1) is 11.9. The van der Waals surface area contributed by atoms with Crippen LogP contribution >= 0.6 is 0 Å². The summed E-state index contributed by atoms with van der Waals surface area (Å²) in [5.41, 5.74) is 1.78. The van der Waals surface area contributed by atoms with E-state index in [4.69, 9.17) is 5.11 Å². The van der Waals surface area contributed by atoms with Crippen molar-refractivity contribution in [3.8, 4) is 0 Å². The molecular weight excluding hydrogens is 340 g/mol. The third-order valence-electron chi connectivity index (χ3n) is 3.64. The van der Waals surface area contributed by atoms with Crippen LogP contribution in [0.1, 0.15) is 11.1 Å². The Balaban J connectivity index is 2.22. The molecule has 0 fully saturated rings. The van der Waals surface area contributed by atoms with Crippen LogP contribution in [0.3, 0.4) is 0 Å². The van der Waals surface area contributed by atoms with Crippen molar-refractivity contribution in [2.24, 2.45) is 0 Å². The lowest BCUT2D eigenvalue weighted by Crippen LogP contribution is -2.48. The van der Waals surface area contributed by atoms with Crippen LogP contribution in [0.5, 0.6) is 0 Å². The highest BCUT2D eigenvalue weighted by atomic mass is 32.2. The molecule has 0 saturated carbocycles. The number of nitrogens with one attached hydrogen (secondary N) is 2. The number of rotatable bonds is 8. The Morgan fingerprint density at radius 2 is 1.72 bits per heavy atom. The van der Waals surface area contributed by atoms with E-state index >= 15 is 0 Å². The number of benzene rings is 2. The summed E-state index contributed by atoms with van der Waals surface area (Å²) in [6.07, 6.45) is 0.212. The van der Waals surface area contributed by atoms with E-state index in [1.165, 1.54) is 12.1 Å². The van der Waals surface area contributed by atoms with Gasteiger partial charge in [-0.2, -0.15) is 4.72 Å². The van der Waals surface area contributed by atoms with Crippen molar-refractivity contribution in [2.45, 2.75) is 24.3 Å². The lowest BCUT2D eigenvalue weighted by atomic mass is 10.1. The second-order valence-electron chi connectivity index (χ2n) is 5.69. The zero-order valence-electron chi connectivity index (χ0n) is 14.0. The highest BCUT2D eigenvalue weighted by molar-refractivity contribution is 7.89. The Labute approximate surface area is 147 Å². The molecule has 2 rings (SSSR count). The van der Waals surface area contributed by atoms with Gasteiger partial charge < -0.3 is 10.4 Å². The van der Waals surface area contributed by atoms with E-state index in [2.05, 4.69) is 10.0 Å². The number of aryl methyl sites for hydroxylation is 1. The van der Waals surface area contributed by atoms with E-state index < -0.39 is 22.0 Å². The summed E-state index contributed by atoms with van der Waals surface area (Å²) in [5.74, 6) is -0.478. The maximum atomic E-state index is 12.6. The molecule has 6 nitrogen and oxygen atoms in total. The number of carbonyl (C=O) groups excluding carboxylic acids is 1. The molecule has 0 aliphatic carbocycles. The maximum Gasteiger partial charge on any atom is 0.241 e. The third kappa shape index (κ3) is 5.67. The molecule has 0 unspecified atom stereocenters. The summed E-state index contributed by atoms with van der Waals surface area (Å²) >= 11 is 0. The summed E-state index contributed by atoms with van der Waals surface area (Å²) in [5, 5.41) is 11.4. The Hall–Kier alpha value is -2.22. The molecular formula is C18H22N2O4S. The highest BCUT2D eigenvalue weighted by Gasteiger charge is 2.25. The van der Waals surface area contributed by atoms with E-state index in [1.807, 2.05) is 37.3 Å². The largest absolute Gasteiger partial charge is 0.395 e. The van der Waals surface area contributed by atoms with Crippen LogP contribution < -0.4 is 10.0 Å². The van der Waals surface area contributed by atoms with Crippen LogP contribution in [-0.2, 0) is 21.2 Å². The monoisotopic (exact) mass is 362 g/mol. The fourth-order valence-electron chi connectivity index (χ4n) is 2.31. The van der Waals surface area contributed by atoms with Gasteiger partial charge in [-0.1, -0.05) is 48.0 Å². The van der Waals surface area contributed by atoms with Gasteiger partial charge >= 0.3 is 0 Å². The Morgan fingerprint density at radius 1 is 1.08 bits per heavy atom. The van der Waals surface area contributed by atoms with E-state index in [1.54, 1.807) is 12.1 Å². The van der Waals surface area contributed by atoms with Gasteiger partial charge in [-0.25, -0.2) is 8.42 Å². The number of carbonyl (C=O) groups is 1. The lowest BCUT2D eigenvalue weighted by molar-refractivity contribution is -0.122. The molecule has 0 heterocycles. The van der Waals surface area contributed by atoms with Crippen LogP contribution in [0.25, 0.3) is 0 Å². The van der Waals surface area contributed by atoms with Crippen molar-refractivity contribution in [2.75, 3.05) is 13.2 Å². The van der Waals surface area contributed by atoms with Crippen LogP contribution in [0.15, 0.2) is 59.5 Å². The van der Waals surface area contributed by atoms with Gasteiger partial charge in [0.05, 0.1) is 11.5 Å². The number of aliphatic hydroxyl groups is 1. The van der Waals surface area contributed by atoms with Crippen molar-refractivity contribution in [1.29, 1.82) is 0 Å². The summed E-state index contributed by atoms with van der Waals surface area (Å²) in [6, 6.07) is 14.6. The fraction of sp³-hybridized carbons (Fsp3) is 0.278. The Bertz CT molecular complexity index is 790. The van der Waals surface area contributed by atoms with E-state index in [0.29, 0.717) is 0 Å². The molecule has 0 radical (unpaired) electrons. The average molecular weight is 362 g/mol. The molecule has 7 heteroatoms. The quantitative estimate of drug-likeness (QED) is 0.653. The summed E-state index contributed by atoms with van der Waals surface area (Å²) in [7, 11) is -3.84. The molecule has 2 aromatic carbocycles. The molecule has 0 bridgehead atoms. The summed E-state index contributed by atoms with van der Waals surface area (Å²) < 4.78 is 27.6. The minimum Gasteiger partial charge on any atom is -0.395 e. The molecule has 2 aromatic rings. The Kier molecular flexibility index (Phi) is 6.69. The lowest BCUT2D eigenvalue weighted by Gasteiger charge is -2.18. The van der Waals surface area contributed by atoms with Gasteiger partial charge in [-0.05, 0) is 31.0 Å². The predicted octanol–water partition coefficient (Wildman–Crippen LogP) is 0.993. The van der Waals surface area contributed by atoms with Crippen molar-refractivity contribution in [3.05, 3.63) is 65.7 Å². The molecule has 1 atom stereocenters. The van der Waals surface area contributed by atoms with Crippen molar-refractivity contribution in [1.82, 2.24) is 10.0 Å². The Morgan fingerprint density at radius 3 is 2.32 bits per heavy atom. The van der Waals surface area contributed by atoms with E-state index in [9.17, 15) is 13.2 Å². The minimum atomic E-state index is -3.84. The van der Waals surface area contributed by atoms with Crippen molar-refractivity contribution >= 4 is 15.9 Å². The first kappa shape index (κ1) is 19.1. The maximum absolute atomic E-state index is 12.6. The molecule has 25 heavy (non-hydrogen) atoms. The van der Waals surface area contributed by atoms with Crippen LogP contribution in [-0.4, -0.2) is 38.6 Å². The summed E-state index contributed by atoms with van der Waals surface area (Å²) in [6.45, 7) is 1.72. The minimum absolute atomic E-state index is 0.0659. The van der Waals surface area contributed by atoms with E-state index in [-0.39, 0.29) is 24.5 Å². The fourth-order valence-corrected chi connectivity index (χ4v) is 3.51. The number of hydrogen-bond acceptors (Lipinski definition) is 4. The number of sulfonamides is 1. The van der Waals surface area contributed by atoms with Crippen molar-refractivity contribution < 1.29 is 18.3 Å². The van der Waals surface area contributed by atoms with Crippen LogP contribution in [0, 0.1) is 6.92 Å². The normalized spacial score (nSPS) is 12.6. The molecule has 0 saturated heterocycles. The van der Waals surface area contributed by atoms with Gasteiger partial charge in [0.25, 0.3) is 0 Å². The standard InChI is InChI=1S/C18H22N2O4S/c1-14-7-9-16(10-8-14)25(23,24)20-17(18(22)19-11-12-21)13-15-5-3-2-4-6-15/h2-10,17,20-21H,11-13H2,1H3,(H,19,22)/t17-/m1/s1. The SMILES string of the molecule is Cc1ccc(S(=O)(=O)N[C@H](Cc2ccccc2)C(=O)NCCO)cc1. The first-order valence-corrected chi connectivity index (χ1v) is 9.42. The van der Waals surface area contributed by atoms with Crippen LogP contribution in [0.2, 0.25) is 0 Å². The van der Waals surface area contributed by atoms with Gasteiger partial charge in [0.15, 0.2) is 0 Å². The second-order valence-corrected chi connectivity index (χ2v) is 7.41.